The number of aromatic nitrogens is 2. The number of ether oxygens (including phenoxy) is 1. The zero-order chi connectivity index (χ0) is 14.8. The van der Waals surface area contributed by atoms with E-state index >= 15 is 0 Å². The Morgan fingerprint density at radius 2 is 2.14 bits per heavy atom. The van der Waals surface area contributed by atoms with E-state index < -0.39 is 0 Å². The van der Waals surface area contributed by atoms with Gasteiger partial charge < -0.3 is 4.74 Å². The van der Waals surface area contributed by atoms with E-state index in [2.05, 4.69) is 31.2 Å². The molecule has 0 spiro atoms. The summed E-state index contributed by atoms with van der Waals surface area (Å²) in [7, 11) is 1.61. The third-order valence-corrected chi connectivity index (χ3v) is 4.14. The van der Waals surface area contributed by atoms with Crippen molar-refractivity contribution in [3.8, 4) is 5.75 Å². The fourth-order valence-electron chi connectivity index (χ4n) is 1.78. The third kappa shape index (κ3) is 3.03. The molecule has 1 aromatic carbocycles. The summed E-state index contributed by atoms with van der Waals surface area (Å²) in [6.45, 7) is 0. The number of pyridine rings is 1. The van der Waals surface area contributed by atoms with Crippen LogP contribution in [0.3, 0.4) is 0 Å². The van der Waals surface area contributed by atoms with Crippen LogP contribution in [0.25, 0.3) is 10.2 Å². The average molecular weight is 364 g/mol. The lowest BCUT2D eigenvalue weighted by Crippen LogP contribution is -2.13. The minimum absolute atomic E-state index is 0.290. The van der Waals surface area contributed by atoms with Crippen LogP contribution in [0.15, 0.2) is 41.0 Å². The van der Waals surface area contributed by atoms with Gasteiger partial charge in [0.15, 0.2) is 5.13 Å². The number of hydrogen-bond acceptors (Lipinski definition) is 5. The van der Waals surface area contributed by atoms with Crippen LogP contribution in [0, 0.1) is 0 Å². The van der Waals surface area contributed by atoms with Crippen LogP contribution in [0.5, 0.6) is 5.75 Å². The van der Waals surface area contributed by atoms with Gasteiger partial charge in [-0.3, -0.25) is 10.1 Å². The highest BCUT2D eigenvalue weighted by atomic mass is 79.9. The van der Waals surface area contributed by atoms with Crippen LogP contribution in [-0.2, 0) is 0 Å². The summed E-state index contributed by atoms with van der Waals surface area (Å²) < 4.78 is 6.74. The lowest BCUT2D eigenvalue weighted by Gasteiger charge is -2.00. The number of halogens is 1. The number of rotatable bonds is 3. The molecule has 0 unspecified atom stereocenters. The van der Waals surface area contributed by atoms with Crippen molar-refractivity contribution < 1.29 is 9.53 Å². The Hall–Kier alpha value is -1.99. The molecule has 3 aromatic rings. The van der Waals surface area contributed by atoms with E-state index in [0.717, 1.165) is 16.0 Å². The molecule has 21 heavy (non-hydrogen) atoms. The number of benzene rings is 1. The second kappa shape index (κ2) is 5.79. The van der Waals surface area contributed by atoms with Crippen molar-refractivity contribution in [1.82, 2.24) is 9.97 Å². The molecule has 0 radical (unpaired) electrons. The fourth-order valence-corrected chi connectivity index (χ4v) is 3.01. The summed E-state index contributed by atoms with van der Waals surface area (Å²) in [5.41, 5.74) is 1.15. The number of amides is 1. The molecule has 1 N–H and O–H groups in total. The van der Waals surface area contributed by atoms with Crippen molar-refractivity contribution in [1.29, 1.82) is 0 Å². The summed E-state index contributed by atoms with van der Waals surface area (Å²) in [6, 6.07) is 10.8. The zero-order valence-corrected chi connectivity index (χ0v) is 13.4. The highest BCUT2D eigenvalue weighted by Gasteiger charge is 2.11. The number of nitrogens with one attached hydrogen (secondary N) is 1. The molecule has 0 fully saturated rings. The Morgan fingerprint density at radius 1 is 1.29 bits per heavy atom. The number of anilines is 1. The molecule has 0 saturated heterocycles. The summed E-state index contributed by atoms with van der Waals surface area (Å²) in [6.07, 6.45) is 0. The maximum absolute atomic E-state index is 12.1. The van der Waals surface area contributed by atoms with Crippen molar-refractivity contribution >= 4 is 48.5 Å². The SMILES string of the molecule is COc1ccc2nc(NC(=O)c3cccc(Br)n3)sc2c1. The summed E-state index contributed by atoms with van der Waals surface area (Å²) in [5, 5.41) is 3.29. The maximum Gasteiger partial charge on any atom is 0.276 e. The second-order valence-corrected chi connectivity index (χ2v) is 6.00. The number of methoxy groups -OCH3 is 1. The summed E-state index contributed by atoms with van der Waals surface area (Å²) in [5.74, 6) is 0.472. The fraction of sp³-hybridized carbons (Fsp3) is 0.0714. The summed E-state index contributed by atoms with van der Waals surface area (Å²) in [4.78, 5) is 20.6. The third-order valence-electron chi connectivity index (χ3n) is 2.76. The van der Waals surface area contributed by atoms with E-state index in [9.17, 15) is 4.79 Å². The Morgan fingerprint density at radius 3 is 2.90 bits per heavy atom. The first kappa shape index (κ1) is 14.0. The first-order valence-electron chi connectivity index (χ1n) is 6.04. The molecule has 3 rings (SSSR count). The zero-order valence-electron chi connectivity index (χ0n) is 11.0. The molecule has 0 aliphatic rings. The first-order valence-corrected chi connectivity index (χ1v) is 7.65. The van der Waals surface area contributed by atoms with Crippen LogP contribution in [0.4, 0.5) is 5.13 Å². The number of thiazole rings is 1. The topological polar surface area (TPSA) is 64.1 Å². The molecule has 106 valence electrons. The molecule has 0 bridgehead atoms. The molecular formula is C14H10BrN3O2S. The molecular weight excluding hydrogens is 354 g/mol. The maximum atomic E-state index is 12.1. The van der Waals surface area contributed by atoms with E-state index in [1.807, 2.05) is 18.2 Å². The molecule has 2 aromatic heterocycles. The molecule has 0 aliphatic carbocycles. The molecule has 2 heterocycles. The normalized spacial score (nSPS) is 10.6. The standard InChI is InChI=1S/C14H10BrN3O2S/c1-20-8-5-6-9-11(7-8)21-14(17-9)18-13(19)10-3-2-4-12(15)16-10/h2-7H,1H3,(H,17,18,19). The van der Waals surface area contributed by atoms with Crippen molar-refractivity contribution in [2.45, 2.75) is 0 Å². The van der Waals surface area contributed by atoms with Gasteiger partial charge in [0.2, 0.25) is 0 Å². The van der Waals surface area contributed by atoms with Gasteiger partial charge >= 0.3 is 0 Å². The molecule has 5 nitrogen and oxygen atoms in total. The van der Waals surface area contributed by atoms with Crippen LogP contribution < -0.4 is 10.1 Å². The lowest BCUT2D eigenvalue weighted by atomic mass is 10.3. The van der Waals surface area contributed by atoms with E-state index in [1.54, 1.807) is 25.3 Å². The van der Waals surface area contributed by atoms with Crippen molar-refractivity contribution in [2.24, 2.45) is 0 Å². The van der Waals surface area contributed by atoms with E-state index in [0.29, 0.717) is 15.4 Å². The van der Waals surface area contributed by atoms with Gasteiger partial charge in [-0.1, -0.05) is 17.4 Å². The predicted molar refractivity (Wildman–Crippen MR) is 86.1 cm³/mol. The van der Waals surface area contributed by atoms with Gasteiger partial charge in [0, 0.05) is 0 Å². The highest BCUT2D eigenvalue weighted by molar-refractivity contribution is 9.10. The first-order chi connectivity index (χ1) is 10.2. The van der Waals surface area contributed by atoms with Crippen molar-refractivity contribution in [3.05, 3.63) is 46.7 Å². The van der Waals surface area contributed by atoms with E-state index in [1.165, 1.54) is 11.3 Å². The van der Waals surface area contributed by atoms with Gasteiger partial charge in [0.1, 0.15) is 16.0 Å². The van der Waals surface area contributed by atoms with Crippen LogP contribution in [0.1, 0.15) is 10.5 Å². The Bertz CT molecular complexity index is 819. The largest absolute Gasteiger partial charge is 0.497 e. The number of carbonyl (C=O) groups excluding carboxylic acids is 1. The van der Waals surface area contributed by atoms with Gasteiger partial charge in [-0.25, -0.2) is 9.97 Å². The van der Waals surface area contributed by atoms with Gasteiger partial charge in [-0.15, -0.1) is 0 Å². The minimum Gasteiger partial charge on any atom is -0.497 e. The van der Waals surface area contributed by atoms with Gasteiger partial charge in [-0.2, -0.15) is 0 Å². The number of nitrogens with zero attached hydrogens (tertiary/aromatic N) is 2. The average Bonchev–Trinajstić information content (AvgIpc) is 2.88. The Kier molecular flexibility index (Phi) is 3.85. The predicted octanol–water partition coefficient (Wildman–Crippen LogP) is 3.71. The van der Waals surface area contributed by atoms with Crippen LogP contribution in [0.2, 0.25) is 0 Å². The number of carbonyl (C=O) groups is 1. The lowest BCUT2D eigenvalue weighted by molar-refractivity contribution is 0.102. The van der Waals surface area contributed by atoms with Gasteiger partial charge in [-0.05, 0) is 46.3 Å². The second-order valence-electron chi connectivity index (χ2n) is 4.15. The smallest absolute Gasteiger partial charge is 0.276 e. The van der Waals surface area contributed by atoms with E-state index in [4.69, 9.17) is 4.74 Å². The molecule has 0 aliphatic heterocycles. The summed E-state index contributed by atoms with van der Waals surface area (Å²) >= 11 is 4.63. The molecule has 1 amide bonds. The Balaban J connectivity index is 1.86. The van der Waals surface area contributed by atoms with E-state index in [-0.39, 0.29) is 5.91 Å². The number of hydrogen-bond donors (Lipinski definition) is 1. The van der Waals surface area contributed by atoms with Crippen molar-refractivity contribution in [2.75, 3.05) is 12.4 Å². The quantitative estimate of drug-likeness (QED) is 0.720. The minimum atomic E-state index is -0.290. The molecule has 0 atom stereocenters. The number of fused-ring (bicyclic) bond motifs is 1. The molecule has 7 heteroatoms. The van der Waals surface area contributed by atoms with Gasteiger partial charge in [0.25, 0.3) is 5.91 Å². The monoisotopic (exact) mass is 363 g/mol. The van der Waals surface area contributed by atoms with Crippen LogP contribution in [-0.4, -0.2) is 23.0 Å². The highest BCUT2D eigenvalue weighted by Crippen LogP contribution is 2.29. The Labute approximate surface area is 133 Å². The van der Waals surface area contributed by atoms with Crippen LogP contribution >= 0.6 is 27.3 Å². The molecule has 0 saturated carbocycles. The van der Waals surface area contributed by atoms with Crippen molar-refractivity contribution in [3.63, 3.8) is 0 Å². The van der Waals surface area contributed by atoms with Gasteiger partial charge in [0.05, 0.1) is 17.3 Å².